The highest BCUT2D eigenvalue weighted by molar-refractivity contribution is 5.88. The summed E-state index contributed by atoms with van der Waals surface area (Å²) >= 11 is 0. The Morgan fingerprint density at radius 3 is 2.42 bits per heavy atom. The average Bonchev–Trinajstić information content (AvgIpc) is 3.44. The number of rotatable bonds is 6. The number of carbonyl (C=O) groups is 2. The van der Waals surface area contributed by atoms with Gasteiger partial charge in [-0.15, -0.1) is 0 Å². The van der Waals surface area contributed by atoms with Crippen molar-refractivity contribution in [3.05, 3.63) is 0 Å². The number of likely N-dealkylation sites (tertiary alicyclic amines) is 2. The Morgan fingerprint density at radius 2 is 1.75 bits per heavy atom. The Hall–Kier alpha value is -1.10. The number of nitrogens with one attached hydrogen (secondary N) is 1. The second-order valence-electron chi connectivity index (χ2n) is 7.80. The molecule has 2 aliphatic heterocycles. The Kier molecular flexibility index (Phi) is 6.14. The molecule has 0 aromatic carbocycles. The third-order valence-corrected chi connectivity index (χ3v) is 5.77. The van der Waals surface area contributed by atoms with Crippen LogP contribution in [-0.2, 0) is 9.59 Å². The van der Waals surface area contributed by atoms with E-state index in [4.69, 9.17) is 0 Å². The van der Waals surface area contributed by atoms with Gasteiger partial charge in [0.25, 0.3) is 0 Å². The Morgan fingerprint density at radius 1 is 1.00 bits per heavy atom. The normalized spacial score (nSPS) is 25.8. The van der Waals surface area contributed by atoms with Gasteiger partial charge in [-0.05, 0) is 63.8 Å². The second-order valence-corrected chi connectivity index (χ2v) is 7.80. The van der Waals surface area contributed by atoms with E-state index in [-0.39, 0.29) is 17.9 Å². The first kappa shape index (κ1) is 17.7. The van der Waals surface area contributed by atoms with Crippen LogP contribution in [0.25, 0.3) is 0 Å². The molecule has 2 amide bonds. The highest BCUT2D eigenvalue weighted by Crippen LogP contribution is 2.28. The van der Waals surface area contributed by atoms with E-state index in [0.29, 0.717) is 12.5 Å². The maximum Gasteiger partial charge on any atom is 0.245 e. The van der Waals surface area contributed by atoms with Crippen LogP contribution in [0, 0.1) is 5.92 Å². The van der Waals surface area contributed by atoms with Crippen LogP contribution in [0.4, 0.5) is 0 Å². The van der Waals surface area contributed by atoms with Crippen LogP contribution in [0.2, 0.25) is 0 Å². The minimum absolute atomic E-state index is 0.163. The molecule has 0 aromatic heterocycles. The van der Waals surface area contributed by atoms with E-state index in [1.807, 2.05) is 16.7 Å². The summed E-state index contributed by atoms with van der Waals surface area (Å²) in [4.78, 5) is 29.2. The van der Waals surface area contributed by atoms with Gasteiger partial charge in [-0.2, -0.15) is 0 Å². The van der Waals surface area contributed by atoms with Crippen LogP contribution >= 0.6 is 0 Å². The van der Waals surface area contributed by atoms with E-state index in [1.165, 1.54) is 12.8 Å². The average molecular weight is 335 g/mol. The number of hydrogen-bond acceptors (Lipinski definition) is 3. The van der Waals surface area contributed by atoms with Gasteiger partial charge in [0.15, 0.2) is 0 Å². The molecule has 5 heteroatoms. The molecule has 2 heterocycles. The molecule has 1 N–H and O–H groups in total. The van der Waals surface area contributed by atoms with Gasteiger partial charge in [0.2, 0.25) is 11.8 Å². The minimum atomic E-state index is -0.200. The lowest BCUT2D eigenvalue weighted by atomic mass is 9.98. The third kappa shape index (κ3) is 4.50. The van der Waals surface area contributed by atoms with Gasteiger partial charge in [-0.3, -0.25) is 9.59 Å². The molecule has 24 heavy (non-hydrogen) atoms. The summed E-state index contributed by atoms with van der Waals surface area (Å²) in [5.74, 6) is 1.27. The van der Waals surface area contributed by atoms with E-state index >= 15 is 0 Å². The summed E-state index contributed by atoms with van der Waals surface area (Å²) in [6.45, 7) is 5.62. The van der Waals surface area contributed by atoms with Crippen molar-refractivity contribution in [3.63, 3.8) is 0 Å². The van der Waals surface area contributed by atoms with E-state index < -0.39 is 0 Å². The van der Waals surface area contributed by atoms with Crippen LogP contribution in [0.1, 0.15) is 64.7 Å². The van der Waals surface area contributed by atoms with Crippen molar-refractivity contribution >= 4 is 11.8 Å². The molecular formula is C19H33N3O2. The molecule has 0 bridgehead atoms. The molecule has 2 saturated heterocycles. The lowest BCUT2D eigenvalue weighted by molar-refractivity contribution is -0.148. The Balaban J connectivity index is 1.49. The quantitative estimate of drug-likeness (QED) is 0.809. The monoisotopic (exact) mass is 335 g/mol. The Labute approximate surface area is 146 Å². The van der Waals surface area contributed by atoms with E-state index in [2.05, 4.69) is 5.32 Å². The van der Waals surface area contributed by atoms with Crippen molar-refractivity contribution in [3.8, 4) is 0 Å². The first-order valence-corrected chi connectivity index (χ1v) is 10.0. The maximum absolute atomic E-state index is 13.0. The first-order valence-electron chi connectivity index (χ1n) is 10.0. The van der Waals surface area contributed by atoms with Crippen molar-refractivity contribution in [1.29, 1.82) is 0 Å². The molecule has 0 aromatic rings. The zero-order valence-corrected chi connectivity index (χ0v) is 15.1. The standard InChI is InChI=1S/C19H33N3O2/c1-2-5-18(23)22-11-4-3-6-17(22)19(24)21-12-9-16(10-13-21)20-14-15-7-8-15/h15-17,20H,2-14H2,1H3. The van der Waals surface area contributed by atoms with Gasteiger partial charge < -0.3 is 15.1 Å². The van der Waals surface area contributed by atoms with Gasteiger partial charge in [-0.1, -0.05) is 6.92 Å². The SMILES string of the molecule is CCCC(=O)N1CCCCC1C(=O)N1CCC(NCC2CC2)CC1. The van der Waals surface area contributed by atoms with Crippen LogP contribution < -0.4 is 5.32 Å². The number of hydrogen-bond donors (Lipinski definition) is 1. The van der Waals surface area contributed by atoms with Crippen molar-refractivity contribution in [2.75, 3.05) is 26.2 Å². The highest BCUT2D eigenvalue weighted by atomic mass is 16.2. The molecule has 1 aliphatic carbocycles. The molecule has 5 nitrogen and oxygen atoms in total. The molecule has 3 aliphatic rings. The van der Waals surface area contributed by atoms with Crippen LogP contribution in [0.3, 0.4) is 0 Å². The molecule has 0 radical (unpaired) electrons. The smallest absolute Gasteiger partial charge is 0.245 e. The lowest BCUT2D eigenvalue weighted by Gasteiger charge is -2.40. The van der Waals surface area contributed by atoms with Crippen LogP contribution in [0.5, 0.6) is 0 Å². The summed E-state index contributed by atoms with van der Waals surface area (Å²) in [5, 5.41) is 3.66. The van der Waals surface area contributed by atoms with Gasteiger partial charge in [-0.25, -0.2) is 0 Å². The molecule has 1 unspecified atom stereocenters. The summed E-state index contributed by atoms with van der Waals surface area (Å²) in [6.07, 6.45) is 9.22. The van der Waals surface area contributed by atoms with E-state index in [0.717, 1.165) is 70.6 Å². The van der Waals surface area contributed by atoms with Crippen molar-refractivity contribution < 1.29 is 9.59 Å². The maximum atomic E-state index is 13.0. The number of carbonyl (C=O) groups excluding carboxylic acids is 2. The predicted molar refractivity (Wildman–Crippen MR) is 94.6 cm³/mol. The molecule has 0 spiro atoms. The van der Waals surface area contributed by atoms with Gasteiger partial charge >= 0.3 is 0 Å². The number of nitrogens with zero attached hydrogens (tertiary/aromatic N) is 2. The molecule has 1 saturated carbocycles. The molecule has 3 fully saturated rings. The summed E-state index contributed by atoms with van der Waals surface area (Å²) in [6, 6.07) is 0.368. The molecule has 136 valence electrons. The number of amides is 2. The summed E-state index contributed by atoms with van der Waals surface area (Å²) in [5.41, 5.74) is 0. The van der Waals surface area contributed by atoms with E-state index in [1.54, 1.807) is 0 Å². The predicted octanol–water partition coefficient (Wildman–Crippen LogP) is 2.16. The van der Waals surface area contributed by atoms with Gasteiger partial charge in [0, 0.05) is 32.1 Å². The van der Waals surface area contributed by atoms with Gasteiger partial charge in [0.05, 0.1) is 0 Å². The van der Waals surface area contributed by atoms with Crippen LogP contribution in [-0.4, -0.2) is 59.9 Å². The third-order valence-electron chi connectivity index (χ3n) is 5.77. The molecule has 3 rings (SSSR count). The fourth-order valence-corrected chi connectivity index (χ4v) is 4.01. The molecular weight excluding hydrogens is 302 g/mol. The highest BCUT2D eigenvalue weighted by Gasteiger charge is 2.35. The lowest BCUT2D eigenvalue weighted by Crippen LogP contribution is -2.55. The van der Waals surface area contributed by atoms with Gasteiger partial charge in [0.1, 0.15) is 6.04 Å². The summed E-state index contributed by atoms with van der Waals surface area (Å²) in [7, 11) is 0. The fraction of sp³-hybridized carbons (Fsp3) is 0.895. The van der Waals surface area contributed by atoms with Crippen LogP contribution in [0.15, 0.2) is 0 Å². The largest absolute Gasteiger partial charge is 0.341 e. The molecule has 1 atom stereocenters. The van der Waals surface area contributed by atoms with Crippen molar-refractivity contribution in [2.45, 2.75) is 76.8 Å². The minimum Gasteiger partial charge on any atom is -0.341 e. The number of piperidine rings is 2. The fourth-order valence-electron chi connectivity index (χ4n) is 4.01. The van der Waals surface area contributed by atoms with Crippen molar-refractivity contribution in [2.24, 2.45) is 5.92 Å². The topological polar surface area (TPSA) is 52.7 Å². The summed E-state index contributed by atoms with van der Waals surface area (Å²) < 4.78 is 0. The zero-order valence-electron chi connectivity index (χ0n) is 15.1. The first-order chi connectivity index (χ1) is 11.7. The second kappa shape index (κ2) is 8.32. The Bertz CT molecular complexity index is 442. The van der Waals surface area contributed by atoms with Crippen molar-refractivity contribution in [1.82, 2.24) is 15.1 Å². The van der Waals surface area contributed by atoms with E-state index in [9.17, 15) is 9.59 Å². The zero-order chi connectivity index (χ0) is 16.9.